The van der Waals surface area contributed by atoms with Crippen molar-refractivity contribution in [1.82, 2.24) is 4.90 Å². The number of hydrogen-bond acceptors (Lipinski definition) is 6. The van der Waals surface area contributed by atoms with Gasteiger partial charge in [0.2, 0.25) is 5.78 Å². The molecule has 0 saturated carbocycles. The second kappa shape index (κ2) is 8.78. The van der Waals surface area contributed by atoms with E-state index in [1.807, 2.05) is 13.8 Å². The highest BCUT2D eigenvalue weighted by molar-refractivity contribution is 6.16. The van der Waals surface area contributed by atoms with Gasteiger partial charge in [-0.05, 0) is 43.2 Å². The standard InChI is InChI=1S/C25H25NO6/c1-4-13-26-21(15-9-11-17(12-10-15)31-5-2)20(23(28)25(26)29)22(27)19-14-16-7-6-8-18(30-3)24(16)32-19/h6-12,14,21,28H,4-5,13H2,1-3H3. The smallest absolute Gasteiger partial charge is 0.290 e. The maximum absolute atomic E-state index is 13.5. The molecule has 1 unspecified atom stereocenters. The molecule has 0 bridgehead atoms. The third kappa shape index (κ3) is 3.60. The minimum atomic E-state index is -0.722. The van der Waals surface area contributed by atoms with Crippen LogP contribution in [0.15, 0.2) is 64.3 Å². The van der Waals surface area contributed by atoms with Gasteiger partial charge in [0.05, 0.1) is 25.3 Å². The molecule has 1 aromatic heterocycles. The lowest BCUT2D eigenvalue weighted by Crippen LogP contribution is -2.31. The predicted molar refractivity (Wildman–Crippen MR) is 119 cm³/mol. The highest BCUT2D eigenvalue weighted by Crippen LogP contribution is 2.40. The van der Waals surface area contributed by atoms with Gasteiger partial charge in [0, 0.05) is 11.9 Å². The van der Waals surface area contributed by atoms with Crippen molar-refractivity contribution in [3.8, 4) is 11.5 Å². The van der Waals surface area contributed by atoms with Crippen molar-refractivity contribution in [2.45, 2.75) is 26.3 Å². The molecule has 7 nitrogen and oxygen atoms in total. The van der Waals surface area contributed by atoms with Crippen LogP contribution in [-0.2, 0) is 4.79 Å². The summed E-state index contributed by atoms with van der Waals surface area (Å²) in [7, 11) is 1.52. The van der Waals surface area contributed by atoms with Crippen LogP contribution in [0, 0.1) is 0 Å². The molecule has 7 heteroatoms. The van der Waals surface area contributed by atoms with Crippen molar-refractivity contribution in [1.29, 1.82) is 0 Å². The number of carbonyl (C=O) groups excluding carboxylic acids is 2. The maximum Gasteiger partial charge on any atom is 0.290 e. The Labute approximate surface area is 185 Å². The van der Waals surface area contributed by atoms with Gasteiger partial charge in [-0.1, -0.05) is 31.2 Å². The molecule has 3 aromatic rings. The number of ether oxygens (including phenoxy) is 2. The summed E-state index contributed by atoms with van der Waals surface area (Å²) in [6, 6.07) is 13.4. The van der Waals surface area contributed by atoms with Crippen molar-refractivity contribution in [3.63, 3.8) is 0 Å². The summed E-state index contributed by atoms with van der Waals surface area (Å²) < 4.78 is 16.6. The van der Waals surface area contributed by atoms with E-state index in [-0.39, 0.29) is 11.3 Å². The van der Waals surface area contributed by atoms with Crippen molar-refractivity contribution in [2.75, 3.05) is 20.3 Å². The fourth-order valence-corrected chi connectivity index (χ4v) is 4.06. The molecular weight excluding hydrogens is 410 g/mol. The fourth-order valence-electron chi connectivity index (χ4n) is 4.06. The molecule has 2 heterocycles. The number of nitrogens with zero attached hydrogens (tertiary/aromatic N) is 1. The summed E-state index contributed by atoms with van der Waals surface area (Å²) in [6.45, 7) is 4.76. The molecule has 1 aliphatic heterocycles. The van der Waals surface area contributed by atoms with Gasteiger partial charge >= 0.3 is 0 Å². The van der Waals surface area contributed by atoms with Crippen molar-refractivity contribution < 1.29 is 28.6 Å². The second-order valence-corrected chi connectivity index (χ2v) is 7.48. The summed E-state index contributed by atoms with van der Waals surface area (Å²) in [5, 5.41) is 11.4. The first kappa shape index (κ1) is 21.5. The van der Waals surface area contributed by atoms with Crippen LogP contribution in [-0.4, -0.2) is 42.0 Å². The lowest BCUT2D eigenvalue weighted by atomic mass is 9.95. The Bertz CT molecular complexity index is 1190. The van der Waals surface area contributed by atoms with E-state index in [0.29, 0.717) is 47.6 Å². The highest BCUT2D eigenvalue weighted by Gasteiger charge is 2.44. The third-order valence-electron chi connectivity index (χ3n) is 5.47. The summed E-state index contributed by atoms with van der Waals surface area (Å²) in [5.74, 6) is -0.428. The Morgan fingerprint density at radius 2 is 1.91 bits per heavy atom. The summed E-state index contributed by atoms with van der Waals surface area (Å²) >= 11 is 0. The van der Waals surface area contributed by atoms with E-state index in [4.69, 9.17) is 13.9 Å². The number of methoxy groups -OCH3 is 1. The zero-order valence-electron chi connectivity index (χ0n) is 18.3. The lowest BCUT2D eigenvalue weighted by molar-refractivity contribution is -0.129. The van der Waals surface area contributed by atoms with Crippen LogP contribution >= 0.6 is 0 Å². The zero-order chi connectivity index (χ0) is 22.8. The number of aliphatic hydroxyl groups excluding tert-OH is 1. The third-order valence-corrected chi connectivity index (χ3v) is 5.47. The van der Waals surface area contributed by atoms with Gasteiger partial charge in [0.25, 0.3) is 5.91 Å². The molecule has 2 aromatic carbocycles. The molecular formula is C25H25NO6. The fraction of sp³-hybridized carbons (Fsp3) is 0.280. The number of amides is 1. The Morgan fingerprint density at radius 1 is 1.16 bits per heavy atom. The van der Waals surface area contributed by atoms with Crippen molar-refractivity contribution in [2.24, 2.45) is 0 Å². The van der Waals surface area contributed by atoms with Crippen LogP contribution in [0.3, 0.4) is 0 Å². The minimum Gasteiger partial charge on any atom is -0.503 e. The average Bonchev–Trinajstić information content (AvgIpc) is 3.35. The monoisotopic (exact) mass is 435 g/mol. The topological polar surface area (TPSA) is 89.2 Å². The van der Waals surface area contributed by atoms with Crippen LogP contribution in [0.4, 0.5) is 0 Å². The Balaban J connectivity index is 1.78. The quantitative estimate of drug-likeness (QED) is 0.510. The molecule has 0 radical (unpaired) electrons. The molecule has 0 aliphatic carbocycles. The van der Waals surface area contributed by atoms with Gasteiger partial charge in [-0.2, -0.15) is 0 Å². The molecule has 32 heavy (non-hydrogen) atoms. The van der Waals surface area contributed by atoms with Gasteiger partial charge in [-0.25, -0.2) is 0 Å². The van der Waals surface area contributed by atoms with E-state index in [1.54, 1.807) is 48.5 Å². The first-order chi connectivity index (χ1) is 15.5. The van der Waals surface area contributed by atoms with Crippen LogP contribution in [0.5, 0.6) is 11.5 Å². The number of hydrogen-bond donors (Lipinski definition) is 1. The maximum atomic E-state index is 13.5. The largest absolute Gasteiger partial charge is 0.503 e. The number of furan rings is 1. The Hall–Kier alpha value is -3.74. The molecule has 1 N–H and O–H groups in total. The number of fused-ring (bicyclic) bond motifs is 1. The van der Waals surface area contributed by atoms with E-state index >= 15 is 0 Å². The summed E-state index contributed by atoms with van der Waals surface area (Å²) in [6.07, 6.45) is 0.676. The Morgan fingerprint density at radius 3 is 2.56 bits per heavy atom. The van der Waals surface area contributed by atoms with Crippen LogP contribution in [0.1, 0.15) is 42.4 Å². The highest BCUT2D eigenvalue weighted by atomic mass is 16.5. The number of benzene rings is 2. The van der Waals surface area contributed by atoms with Crippen LogP contribution < -0.4 is 9.47 Å². The normalized spacial score (nSPS) is 16.2. The number of para-hydroxylation sites is 1. The SMILES string of the molecule is CCCN1C(=O)C(O)=C(C(=O)c2cc3cccc(OC)c3o2)C1c1ccc(OCC)cc1. The molecule has 4 rings (SSSR count). The van der Waals surface area contributed by atoms with Gasteiger partial charge < -0.3 is 23.9 Å². The first-order valence-electron chi connectivity index (χ1n) is 10.6. The molecule has 0 saturated heterocycles. The summed E-state index contributed by atoms with van der Waals surface area (Å²) in [5.41, 5.74) is 1.15. The van der Waals surface area contributed by atoms with Crippen LogP contribution in [0.25, 0.3) is 11.0 Å². The molecule has 166 valence electrons. The molecule has 1 amide bonds. The van der Waals surface area contributed by atoms with Crippen molar-refractivity contribution in [3.05, 3.63) is 71.2 Å². The number of aliphatic hydroxyl groups is 1. The zero-order valence-corrected chi connectivity index (χ0v) is 18.3. The second-order valence-electron chi connectivity index (χ2n) is 7.48. The molecule has 0 fully saturated rings. The number of ketones is 1. The van der Waals surface area contributed by atoms with E-state index in [2.05, 4.69) is 0 Å². The molecule has 1 aliphatic rings. The van der Waals surface area contributed by atoms with E-state index in [0.717, 1.165) is 0 Å². The molecule has 1 atom stereocenters. The van der Waals surface area contributed by atoms with Crippen molar-refractivity contribution >= 4 is 22.7 Å². The van der Waals surface area contributed by atoms with Gasteiger partial charge in [0.15, 0.2) is 22.9 Å². The minimum absolute atomic E-state index is 0.00522. The van der Waals surface area contributed by atoms with Gasteiger partial charge in [0.1, 0.15) is 5.75 Å². The number of rotatable bonds is 8. The molecule has 0 spiro atoms. The van der Waals surface area contributed by atoms with E-state index in [1.165, 1.54) is 12.0 Å². The van der Waals surface area contributed by atoms with Gasteiger partial charge in [-0.15, -0.1) is 0 Å². The van der Waals surface area contributed by atoms with Gasteiger partial charge in [-0.3, -0.25) is 9.59 Å². The summed E-state index contributed by atoms with van der Waals surface area (Å²) in [4.78, 5) is 27.9. The Kier molecular flexibility index (Phi) is 5.90. The first-order valence-corrected chi connectivity index (χ1v) is 10.6. The van der Waals surface area contributed by atoms with E-state index in [9.17, 15) is 14.7 Å². The lowest BCUT2D eigenvalue weighted by Gasteiger charge is -2.26. The average molecular weight is 435 g/mol. The van der Waals surface area contributed by atoms with Crippen LogP contribution in [0.2, 0.25) is 0 Å². The number of carbonyl (C=O) groups is 2. The number of Topliss-reactive ketones (excluding diaryl/α,β-unsaturated/α-hetero) is 1. The predicted octanol–water partition coefficient (Wildman–Crippen LogP) is 4.83. The van der Waals surface area contributed by atoms with E-state index < -0.39 is 23.5 Å².